The minimum atomic E-state index is -0.309. The van der Waals surface area contributed by atoms with Crippen LogP contribution in [0.3, 0.4) is 0 Å². The Bertz CT molecular complexity index is 539. The number of ether oxygens (including phenoxy) is 2. The lowest BCUT2D eigenvalue weighted by Crippen LogP contribution is -2.36. The van der Waals surface area contributed by atoms with Crippen molar-refractivity contribution in [1.82, 2.24) is 9.55 Å². The number of hydrogen-bond donors (Lipinski definition) is 0. The van der Waals surface area contributed by atoms with Crippen LogP contribution in [0, 0.1) is 0 Å². The molecule has 0 aromatic carbocycles. The summed E-state index contributed by atoms with van der Waals surface area (Å²) in [6.45, 7) is 1.35. The van der Waals surface area contributed by atoms with E-state index in [1.807, 2.05) is 0 Å². The van der Waals surface area contributed by atoms with Crippen molar-refractivity contribution in [2.24, 2.45) is 0 Å². The van der Waals surface area contributed by atoms with E-state index in [1.54, 1.807) is 29.0 Å². The normalized spacial score (nSPS) is 14.0. The topological polar surface area (TPSA) is 73.7 Å². The molecule has 1 fully saturated rings. The maximum absolute atomic E-state index is 12.5. The van der Waals surface area contributed by atoms with Gasteiger partial charge in [-0.1, -0.05) is 0 Å². The summed E-state index contributed by atoms with van der Waals surface area (Å²) in [6, 6.07) is 0.295. The summed E-state index contributed by atoms with van der Waals surface area (Å²) in [4.78, 5) is 29.7. The number of nitrogens with zero attached hydrogens (tertiary/aromatic N) is 3. The second-order valence-electron chi connectivity index (χ2n) is 5.00. The molecule has 7 heteroatoms. The van der Waals surface area contributed by atoms with Crippen molar-refractivity contribution in [3.05, 3.63) is 22.7 Å². The largest absolute Gasteiger partial charge is 0.469 e. The third kappa shape index (κ3) is 4.04. The number of carbonyl (C=O) groups excluding carboxylic acids is 1. The van der Waals surface area contributed by atoms with E-state index in [4.69, 9.17) is 4.74 Å². The summed E-state index contributed by atoms with van der Waals surface area (Å²) >= 11 is 0. The third-order valence-corrected chi connectivity index (χ3v) is 3.47. The molecule has 21 heavy (non-hydrogen) atoms. The molecule has 0 N–H and O–H groups in total. The summed E-state index contributed by atoms with van der Waals surface area (Å²) in [5, 5.41) is 0. The highest BCUT2D eigenvalue weighted by atomic mass is 16.5. The number of anilines is 1. The van der Waals surface area contributed by atoms with Crippen LogP contribution >= 0.6 is 0 Å². The van der Waals surface area contributed by atoms with Crippen molar-refractivity contribution in [1.29, 1.82) is 0 Å². The SMILES string of the molecule is COCCN(CCC(=O)OC)c1nccn(C2CC2)c1=O. The molecule has 2 rings (SSSR count). The molecule has 0 radical (unpaired) electrons. The quantitative estimate of drug-likeness (QED) is 0.654. The summed E-state index contributed by atoms with van der Waals surface area (Å²) in [7, 11) is 2.95. The van der Waals surface area contributed by atoms with Crippen molar-refractivity contribution < 1.29 is 14.3 Å². The Kier molecular flexibility index (Phi) is 5.32. The zero-order chi connectivity index (χ0) is 15.2. The molecule has 0 saturated heterocycles. The van der Waals surface area contributed by atoms with E-state index in [-0.39, 0.29) is 17.9 Å². The van der Waals surface area contributed by atoms with E-state index in [2.05, 4.69) is 9.72 Å². The molecule has 0 atom stereocenters. The number of carbonyl (C=O) groups is 1. The first kappa shape index (κ1) is 15.5. The predicted molar refractivity (Wildman–Crippen MR) is 77.5 cm³/mol. The van der Waals surface area contributed by atoms with Gasteiger partial charge in [0.1, 0.15) is 0 Å². The Morgan fingerprint density at radius 3 is 2.81 bits per heavy atom. The number of hydrogen-bond acceptors (Lipinski definition) is 6. The summed E-state index contributed by atoms with van der Waals surface area (Å²) in [5.41, 5.74) is -0.110. The molecule has 1 aliphatic carbocycles. The minimum absolute atomic E-state index is 0.110. The predicted octanol–water partition coefficient (Wildman–Crippen LogP) is 0.594. The highest BCUT2D eigenvalue weighted by Crippen LogP contribution is 2.33. The van der Waals surface area contributed by atoms with Gasteiger partial charge < -0.3 is 18.9 Å². The standard InChI is InChI=1S/C14H21N3O4/c1-20-10-9-16(7-5-12(18)21-2)13-14(19)17(8-6-15-13)11-3-4-11/h6,8,11H,3-5,7,9-10H2,1-2H3. The molecule has 1 heterocycles. The molecule has 1 aliphatic rings. The molecule has 0 bridgehead atoms. The van der Waals surface area contributed by atoms with Gasteiger partial charge in [0.25, 0.3) is 5.56 Å². The molecular formula is C14H21N3O4. The van der Waals surface area contributed by atoms with Crippen LogP contribution in [0.25, 0.3) is 0 Å². The summed E-state index contributed by atoms with van der Waals surface area (Å²) < 4.78 is 11.4. The van der Waals surface area contributed by atoms with Crippen LogP contribution in [-0.4, -0.2) is 49.4 Å². The monoisotopic (exact) mass is 295 g/mol. The van der Waals surface area contributed by atoms with Gasteiger partial charge in [-0.05, 0) is 12.8 Å². The zero-order valence-electron chi connectivity index (χ0n) is 12.4. The van der Waals surface area contributed by atoms with Gasteiger partial charge in [0.15, 0.2) is 5.82 Å². The van der Waals surface area contributed by atoms with E-state index in [0.717, 1.165) is 12.8 Å². The van der Waals surface area contributed by atoms with Gasteiger partial charge in [0.05, 0.1) is 20.1 Å². The molecule has 0 amide bonds. The number of esters is 1. The molecule has 0 unspecified atom stereocenters. The van der Waals surface area contributed by atoms with Gasteiger partial charge in [-0.2, -0.15) is 0 Å². The van der Waals surface area contributed by atoms with Gasteiger partial charge in [-0.25, -0.2) is 4.98 Å². The minimum Gasteiger partial charge on any atom is -0.469 e. The van der Waals surface area contributed by atoms with E-state index in [9.17, 15) is 9.59 Å². The molecule has 0 aliphatic heterocycles. The Morgan fingerprint density at radius 2 is 2.19 bits per heavy atom. The smallest absolute Gasteiger partial charge is 0.307 e. The van der Waals surface area contributed by atoms with Gasteiger partial charge in [-0.15, -0.1) is 0 Å². The molecule has 7 nitrogen and oxygen atoms in total. The summed E-state index contributed by atoms with van der Waals surface area (Å²) in [5.74, 6) is 0.0567. The number of aromatic nitrogens is 2. The first-order valence-electron chi connectivity index (χ1n) is 7.05. The first-order chi connectivity index (χ1) is 10.2. The van der Waals surface area contributed by atoms with Crippen molar-refractivity contribution >= 4 is 11.8 Å². The van der Waals surface area contributed by atoms with E-state index in [0.29, 0.717) is 31.6 Å². The fraction of sp³-hybridized carbons (Fsp3) is 0.643. The Balaban J connectivity index is 2.16. The maximum Gasteiger partial charge on any atom is 0.307 e. The van der Waals surface area contributed by atoms with Crippen LogP contribution in [0.5, 0.6) is 0 Å². The van der Waals surface area contributed by atoms with Crippen LogP contribution in [0.2, 0.25) is 0 Å². The lowest BCUT2D eigenvalue weighted by Gasteiger charge is -2.22. The van der Waals surface area contributed by atoms with E-state index in [1.165, 1.54) is 7.11 Å². The van der Waals surface area contributed by atoms with Crippen LogP contribution in [0.1, 0.15) is 25.3 Å². The fourth-order valence-electron chi connectivity index (χ4n) is 2.12. The molecule has 1 aromatic heterocycles. The van der Waals surface area contributed by atoms with Gasteiger partial charge in [-0.3, -0.25) is 9.59 Å². The average molecular weight is 295 g/mol. The van der Waals surface area contributed by atoms with Crippen LogP contribution in [-0.2, 0) is 14.3 Å². The molecule has 116 valence electrons. The highest BCUT2D eigenvalue weighted by Gasteiger charge is 2.26. The molecular weight excluding hydrogens is 274 g/mol. The van der Waals surface area contributed by atoms with Crippen molar-refractivity contribution in [3.8, 4) is 0 Å². The molecule has 0 spiro atoms. The van der Waals surface area contributed by atoms with E-state index < -0.39 is 0 Å². The van der Waals surface area contributed by atoms with Crippen molar-refractivity contribution in [2.45, 2.75) is 25.3 Å². The van der Waals surface area contributed by atoms with Crippen molar-refractivity contribution in [2.75, 3.05) is 38.8 Å². The Labute approximate surface area is 123 Å². The van der Waals surface area contributed by atoms with Crippen LogP contribution in [0.4, 0.5) is 5.82 Å². The zero-order valence-corrected chi connectivity index (χ0v) is 12.4. The van der Waals surface area contributed by atoms with Gasteiger partial charge in [0.2, 0.25) is 0 Å². The second-order valence-corrected chi connectivity index (χ2v) is 5.00. The molecule has 1 aromatic rings. The first-order valence-corrected chi connectivity index (χ1v) is 7.05. The highest BCUT2D eigenvalue weighted by molar-refractivity contribution is 5.69. The van der Waals surface area contributed by atoms with Gasteiger partial charge >= 0.3 is 5.97 Å². The van der Waals surface area contributed by atoms with Crippen molar-refractivity contribution in [3.63, 3.8) is 0 Å². The summed E-state index contributed by atoms with van der Waals surface area (Å²) in [6.07, 6.45) is 5.62. The van der Waals surface area contributed by atoms with E-state index >= 15 is 0 Å². The third-order valence-electron chi connectivity index (χ3n) is 3.47. The van der Waals surface area contributed by atoms with Crippen LogP contribution in [0.15, 0.2) is 17.2 Å². The second kappa shape index (κ2) is 7.21. The molecule has 1 saturated carbocycles. The van der Waals surface area contributed by atoms with Crippen LogP contribution < -0.4 is 10.5 Å². The lowest BCUT2D eigenvalue weighted by atomic mass is 10.3. The lowest BCUT2D eigenvalue weighted by molar-refractivity contribution is -0.140. The fourth-order valence-corrected chi connectivity index (χ4v) is 2.12. The Morgan fingerprint density at radius 1 is 1.43 bits per heavy atom. The average Bonchev–Trinajstić information content (AvgIpc) is 3.32. The number of rotatable bonds is 8. The van der Waals surface area contributed by atoms with Gasteiger partial charge in [0, 0.05) is 38.6 Å². The maximum atomic E-state index is 12.5. The number of methoxy groups -OCH3 is 2. The Hall–Kier alpha value is -1.89.